The molecule has 0 radical (unpaired) electrons. The maximum atomic E-state index is 12.2. The summed E-state index contributed by atoms with van der Waals surface area (Å²) in [6.45, 7) is 0. The van der Waals surface area contributed by atoms with Crippen LogP contribution in [0.5, 0.6) is 0 Å². The van der Waals surface area contributed by atoms with Crippen molar-refractivity contribution in [2.75, 3.05) is 11.6 Å². The minimum absolute atomic E-state index is 0.166. The van der Waals surface area contributed by atoms with Gasteiger partial charge in [0.15, 0.2) is 0 Å². The van der Waals surface area contributed by atoms with E-state index in [0.717, 1.165) is 41.8 Å². The van der Waals surface area contributed by atoms with Gasteiger partial charge in [0.1, 0.15) is 6.29 Å². The highest BCUT2D eigenvalue weighted by Crippen LogP contribution is 2.39. The second-order valence-corrected chi connectivity index (χ2v) is 10.6. The van der Waals surface area contributed by atoms with E-state index in [1.807, 2.05) is 42.5 Å². The molecule has 0 amide bonds. The van der Waals surface area contributed by atoms with Crippen LogP contribution in [0.3, 0.4) is 0 Å². The Hall–Kier alpha value is -3.38. The lowest BCUT2D eigenvalue weighted by molar-refractivity contribution is 0.112. The number of hydrogen-bond acceptors (Lipinski definition) is 4. The Kier molecular flexibility index (Phi) is 4.67. The number of anilines is 2. The first-order valence-electron chi connectivity index (χ1n) is 10.2. The largest absolute Gasteiger partial charge is 0.326 e. The van der Waals surface area contributed by atoms with Gasteiger partial charge in [-0.3, -0.25) is 9.00 Å². The number of aromatic nitrogens is 2. The number of benzene rings is 3. The monoisotopic (exact) mass is 429 g/mol. The van der Waals surface area contributed by atoms with Gasteiger partial charge in [0.05, 0.1) is 17.1 Å². The number of nitrogens with zero attached hydrogens (tertiary/aromatic N) is 2. The van der Waals surface area contributed by atoms with Gasteiger partial charge < -0.3 is 9.88 Å². The van der Waals surface area contributed by atoms with Gasteiger partial charge in [0.25, 0.3) is 0 Å². The van der Waals surface area contributed by atoms with Crippen LogP contribution >= 0.6 is 0 Å². The van der Waals surface area contributed by atoms with Crippen molar-refractivity contribution in [1.82, 2.24) is 9.55 Å². The topological polar surface area (TPSA) is 64.0 Å². The van der Waals surface area contributed by atoms with Crippen molar-refractivity contribution in [2.45, 2.75) is 23.8 Å². The fourth-order valence-corrected chi connectivity index (χ4v) is 5.06. The first-order valence-corrected chi connectivity index (χ1v) is 12.3. The van der Waals surface area contributed by atoms with Crippen molar-refractivity contribution in [3.63, 3.8) is 0 Å². The third-order valence-corrected chi connectivity index (χ3v) is 7.14. The average Bonchev–Trinajstić information content (AvgIpc) is 3.33. The summed E-state index contributed by atoms with van der Waals surface area (Å²) in [6.07, 6.45) is 4.50. The van der Waals surface area contributed by atoms with E-state index in [1.165, 1.54) is 11.1 Å². The van der Waals surface area contributed by atoms with Crippen molar-refractivity contribution in [1.29, 1.82) is 0 Å². The van der Waals surface area contributed by atoms with E-state index in [2.05, 4.69) is 40.0 Å². The van der Waals surface area contributed by atoms with Crippen LogP contribution in [0.25, 0.3) is 11.0 Å². The molecule has 2 unspecified atom stereocenters. The second kappa shape index (κ2) is 7.39. The van der Waals surface area contributed by atoms with E-state index >= 15 is 0 Å². The van der Waals surface area contributed by atoms with Gasteiger partial charge in [0.2, 0.25) is 5.95 Å². The number of carbonyl (C=O) groups excluding carboxylic acids is 1. The minimum Gasteiger partial charge on any atom is -0.326 e. The summed E-state index contributed by atoms with van der Waals surface area (Å²) in [4.78, 5) is 16.8. The third kappa shape index (κ3) is 3.53. The standard InChI is InChI=1S/C25H23N3O2S/c1-31(2,30)20-11-9-19(10-12-20)26-25-27-22-15-17(16-29)7-13-24(22)28(25)23-14-8-18-5-3-4-6-21(18)23/h3-7,9-13,15-16,23H,1,8,14H2,2H3,(H,26,27). The normalized spacial score (nSPS) is 17.3. The predicted octanol–water partition coefficient (Wildman–Crippen LogP) is 4.83. The molecule has 6 heteroatoms. The number of nitrogens with one attached hydrogen (secondary N) is 1. The zero-order valence-electron chi connectivity index (χ0n) is 17.2. The maximum Gasteiger partial charge on any atom is 0.209 e. The molecule has 31 heavy (non-hydrogen) atoms. The molecule has 1 aliphatic rings. The number of hydrogen-bond donors (Lipinski definition) is 1. The molecule has 5 rings (SSSR count). The highest BCUT2D eigenvalue weighted by molar-refractivity contribution is 7.99. The molecule has 2 atom stereocenters. The maximum absolute atomic E-state index is 12.2. The van der Waals surface area contributed by atoms with Crippen molar-refractivity contribution < 1.29 is 9.00 Å². The zero-order valence-corrected chi connectivity index (χ0v) is 18.1. The van der Waals surface area contributed by atoms with Crippen LogP contribution < -0.4 is 5.32 Å². The minimum atomic E-state index is -2.26. The molecule has 5 nitrogen and oxygen atoms in total. The first kappa shape index (κ1) is 19.6. The summed E-state index contributed by atoms with van der Waals surface area (Å²) >= 11 is 0. The molecule has 0 saturated heterocycles. The summed E-state index contributed by atoms with van der Waals surface area (Å²) in [5.41, 5.74) is 5.90. The number of aldehydes is 1. The van der Waals surface area contributed by atoms with Crippen LogP contribution in [-0.2, 0) is 15.9 Å². The smallest absolute Gasteiger partial charge is 0.209 e. The third-order valence-electron chi connectivity index (χ3n) is 5.87. The zero-order chi connectivity index (χ0) is 21.6. The summed E-state index contributed by atoms with van der Waals surface area (Å²) in [5.74, 6) is 4.47. The lowest BCUT2D eigenvalue weighted by Crippen LogP contribution is -2.11. The summed E-state index contributed by atoms with van der Waals surface area (Å²) in [6, 6.07) is 21.8. The number of carbonyl (C=O) groups is 1. The Morgan fingerprint density at radius 2 is 1.90 bits per heavy atom. The quantitative estimate of drug-likeness (QED) is 0.364. The van der Waals surface area contributed by atoms with Gasteiger partial charge >= 0.3 is 0 Å². The molecule has 1 aromatic heterocycles. The Morgan fingerprint density at radius 1 is 1.13 bits per heavy atom. The molecule has 0 spiro atoms. The molecule has 156 valence electrons. The lowest BCUT2D eigenvalue weighted by Gasteiger charge is -2.19. The molecule has 4 aromatic rings. The number of imidazole rings is 1. The molecule has 0 fully saturated rings. The van der Waals surface area contributed by atoms with E-state index < -0.39 is 9.52 Å². The van der Waals surface area contributed by atoms with Crippen molar-refractivity contribution >= 4 is 44.3 Å². The van der Waals surface area contributed by atoms with Gasteiger partial charge in [-0.15, -0.1) is 0 Å². The van der Waals surface area contributed by atoms with Gasteiger partial charge in [-0.1, -0.05) is 24.3 Å². The highest BCUT2D eigenvalue weighted by Gasteiger charge is 2.27. The van der Waals surface area contributed by atoms with Crippen molar-refractivity contribution in [3.8, 4) is 0 Å². The molecule has 1 N–H and O–H groups in total. The Morgan fingerprint density at radius 3 is 2.65 bits per heavy atom. The predicted molar refractivity (Wildman–Crippen MR) is 127 cm³/mol. The molecular formula is C25H23N3O2S. The van der Waals surface area contributed by atoms with E-state index in [9.17, 15) is 9.00 Å². The van der Waals surface area contributed by atoms with Crippen LogP contribution in [0, 0.1) is 0 Å². The fourth-order valence-electron chi connectivity index (χ4n) is 4.35. The van der Waals surface area contributed by atoms with Crippen LogP contribution in [0.2, 0.25) is 0 Å². The van der Waals surface area contributed by atoms with Crippen LogP contribution in [0.1, 0.15) is 33.9 Å². The molecule has 1 aliphatic carbocycles. The molecule has 0 aliphatic heterocycles. The Labute approximate surface area is 181 Å². The molecule has 0 saturated carbocycles. The van der Waals surface area contributed by atoms with Crippen LogP contribution in [0.15, 0.2) is 71.6 Å². The van der Waals surface area contributed by atoms with Gasteiger partial charge in [-0.25, -0.2) is 4.98 Å². The summed E-state index contributed by atoms with van der Waals surface area (Å²) in [5, 5.41) is 3.44. The molecule has 3 aromatic carbocycles. The number of fused-ring (bicyclic) bond motifs is 2. The van der Waals surface area contributed by atoms with E-state index in [1.54, 1.807) is 6.26 Å². The van der Waals surface area contributed by atoms with E-state index in [0.29, 0.717) is 10.5 Å². The molecule has 0 bridgehead atoms. The number of aryl methyl sites for hydroxylation is 1. The lowest BCUT2D eigenvalue weighted by atomic mass is 10.1. The summed E-state index contributed by atoms with van der Waals surface area (Å²) in [7, 11) is -2.26. The van der Waals surface area contributed by atoms with E-state index in [-0.39, 0.29) is 6.04 Å². The summed E-state index contributed by atoms with van der Waals surface area (Å²) < 4.78 is 14.4. The molecular weight excluding hydrogens is 406 g/mol. The highest BCUT2D eigenvalue weighted by atomic mass is 32.2. The number of rotatable bonds is 5. The van der Waals surface area contributed by atoms with Crippen molar-refractivity contribution in [3.05, 3.63) is 83.4 Å². The second-order valence-electron chi connectivity index (χ2n) is 8.08. The van der Waals surface area contributed by atoms with Gasteiger partial charge in [-0.2, -0.15) is 0 Å². The van der Waals surface area contributed by atoms with Crippen LogP contribution in [-0.4, -0.2) is 32.2 Å². The molecule has 1 heterocycles. The van der Waals surface area contributed by atoms with Crippen LogP contribution in [0.4, 0.5) is 11.6 Å². The van der Waals surface area contributed by atoms with Gasteiger partial charge in [0, 0.05) is 22.4 Å². The van der Waals surface area contributed by atoms with Gasteiger partial charge in [-0.05, 0) is 81.8 Å². The SMILES string of the molecule is C=S(C)(=O)c1ccc(Nc2nc3cc(C=O)ccc3n2C2CCc3ccccc32)cc1. The average molecular weight is 430 g/mol. The van der Waals surface area contributed by atoms with E-state index in [4.69, 9.17) is 4.98 Å². The Bertz CT molecular complexity index is 1400. The fraction of sp³-hybridized carbons (Fsp3) is 0.160. The first-order chi connectivity index (χ1) is 14.9. The van der Waals surface area contributed by atoms with Crippen molar-refractivity contribution in [2.24, 2.45) is 0 Å². The Balaban J connectivity index is 1.62.